The van der Waals surface area contributed by atoms with Gasteiger partial charge in [-0.25, -0.2) is 9.59 Å². The lowest BCUT2D eigenvalue weighted by Crippen LogP contribution is -2.51. The summed E-state index contributed by atoms with van der Waals surface area (Å²) in [7, 11) is 0. The van der Waals surface area contributed by atoms with Crippen LogP contribution in [-0.4, -0.2) is 35.7 Å². The van der Waals surface area contributed by atoms with Gasteiger partial charge < -0.3 is 20.5 Å². The van der Waals surface area contributed by atoms with Gasteiger partial charge in [0.25, 0.3) is 0 Å². The van der Waals surface area contributed by atoms with Crippen molar-refractivity contribution in [3.63, 3.8) is 0 Å². The smallest absolute Gasteiger partial charge is 0.407 e. The molecule has 35 heavy (non-hydrogen) atoms. The Hall–Kier alpha value is -4.13. The lowest BCUT2D eigenvalue weighted by molar-refractivity contribution is -0.142. The third kappa shape index (κ3) is 5.19. The standard InChI is InChI=1S/C28H28N2O5/c1-17(2)24(26(31)29-25(27(32)33)18-10-4-3-5-11-18)30-28(34)35-16-23-21-14-8-6-12-19(21)20-13-7-9-15-22(20)23/h3-15,17,23-25H,16H2,1-2H3,(H,29,31)(H,30,34)(H,32,33). The molecule has 2 unspecified atom stereocenters. The van der Waals surface area contributed by atoms with Gasteiger partial charge in [-0.2, -0.15) is 0 Å². The Balaban J connectivity index is 1.42. The van der Waals surface area contributed by atoms with Crippen LogP contribution in [0.1, 0.15) is 42.5 Å². The molecule has 3 aromatic carbocycles. The highest BCUT2D eigenvalue weighted by atomic mass is 16.5. The summed E-state index contributed by atoms with van der Waals surface area (Å²) >= 11 is 0. The fourth-order valence-corrected chi connectivity index (χ4v) is 4.47. The molecule has 3 N–H and O–H groups in total. The van der Waals surface area contributed by atoms with Gasteiger partial charge in [0.2, 0.25) is 5.91 Å². The Labute approximate surface area is 204 Å². The number of aliphatic carboxylic acids is 1. The molecule has 7 heteroatoms. The van der Waals surface area contributed by atoms with E-state index in [1.807, 2.05) is 36.4 Å². The Morgan fingerprint density at radius 2 is 1.37 bits per heavy atom. The van der Waals surface area contributed by atoms with Crippen LogP contribution in [0.2, 0.25) is 0 Å². The van der Waals surface area contributed by atoms with Gasteiger partial charge in [-0.05, 0) is 33.7 Å². The fraction of sp³-hybridized carbons (Fsp3) is 0.250. The average Bonchev–Trinajstić information content (AvgIpc) is 3.18. The van der Waals surface area contributed by atoms with Gasteiger partial charge in [0.05, 0.1) is 0 Å². The van der Waals surface area contributed by atoms with Gasteiger partial charge >= 0.3 is 12.1 Å². The zero-order valence-electron chi connectivity index (χ0n) is 19.6. The largest absolute Gasteiger partial charge is 0.479 e. The van der Waals surface area contributed by atoms with Crippen molar-refractivity contribution >= 4 is 18.0 Å². The van der Waals surface area contributed by atoms with Crippen molar-refractivity contribution < 1.29 is 24.2 Å². The van der Waals surface area contributed by atoms with E-state index in [1.165, 1.54) is 0 Å². The molecular weight excluding hydrogens is 444 g/mol. The van der Waals surface area contributed by atoms with Crippen molar-refractivity contribution in [1.82, 2.24) is 10.6 Å². The Morgan fingerprint density at radius 3 is 1.91 bits per heavy atom. The molecule has 1 aliphatic rings. The summed E-state index contributed by atoms with van der Waals surface area (Å²) in [5.74, 6) is -2.17. The van der Waals surface area contributed by atoms with E-state index in [9.17, 15) is 19.5 Å². The number of carboxylic acid groups (broad SMARTS) is 1. The SMILES string of the molecule is CC(C)C(NC(=O)OCC1c2ccccc2-c2ccccc21)C(=O)NC(C(=O)O)c1ccccc1. The second kappa shape index (κ2) is 10.4. The molecule has 180 valence electrons. The molecule has 0 saturated heterocycles. The second-order valence-corrected chi connectivity index (χ2v) is 8.88. The predicted octanol–water partition coefficient (Wildman–Crippen LogP) is 4.49. The first kappa shape index (κ1) is 24.0. The van der Waals surface area contributed by atoms with Crippen molar-refractivity contribution in [2.24, 2.45) is 5.92 Å². The maximum Gasteiger partial charge on any atom is 0.407 e. The van der Waals surface area contributed by atoms with Gasteiger partial charge in [0.1, 0.15) is 12.6 Å². The topological polar surface area (TPSA) is 105 Å². The highest BCUT2D eigenvalue weighted by Crippen LogP contribution is 2.44. The zero-order valence-corrected chi connectivity index (χ0v) is 19.6. The van der Waals surface area contributed by atoms with Crippen LogP contribution in [0.25, 0.3) is 11.1 Å². The normalized spacial score (nSPS) is 13.9. The number of ether oxygens (including phenoxy) is 1. The highest BCUT2D eigenvalue weighted by Gasteiger charge is 2.32. The lowest BCUT2D eigenvalue weighted by Gasteiger charge is -2.24. The molecule has 3 aromatic rings. The lowest BCUT2D eigenvalue weighted by atomic mass is 9.98. The monoisotopic (exact) mass is 472 g/mol. The van der Waals surface area contributed by atoms with Crippen LogP contribution in [0.3, 0.4) is 0 Å². The molecule has 7 nitrogen and oxygen atoms in total. The molecule has 0 spiro atoms. The van der Waals surface area contributed by atoms with E-state index < -0.39 is 30.1 Å². The number of amides is 2. The average molecular weight is 473 g/mol. The Bertz CT molecular complexity index is 1180. The molecule has 2 atom stereocenters. The maximum absolute atomic E-state index is 13.0. The van der Waals surface area contributed by atoms with E-state index in [4.69, 9.17) is 4.74 Å². The number of hydrogen-bond acceptors (Lipinski definition) is 4. The molecule has 4 rings (SSSR count). The third-order valence-electron chi connectivity index (χ3n) is 6.23. The van der Waals surface area contributed by atoms with Gasteiger partial charge in [-0.3, -0.25) is 4.79 Å². The molecule has 0 radical (unpaired) electrons. The quantitative estimate of drug-likeness (QED) is 0.448. The van der Waals surface area contributed by atoms with E-state index in [0.717, 1.165) is 22.3 Å². The number of carboxylic acids is 1. The summed E-state index contributed by atoms with van der Waals surface area (Å²) in [6, 6.07) is 22.3. The fourth-order valence-electron chi connectivity index (χ4n) is 4.47. The third-order valence-corrected chi connectivity index (χ3v) is 6.23. The van der Waals surface area contributed by atoms with Crippen LogP contribution in [0.4, 0.5) is 4.79 Å². The molecule has 2 amide bonds. The van der Waals surface area contributed by atoms with Crippen molar-refractivity contribution in [1.29, 1.82) is 0 Å². The van der Waals surface area contributed by atoms with Crippen molar-refractivity contribution in [3.05, 3.63) is 95.6 Å². The summed E-state index contributed by atoms with van der Waals surface area (Å²) in [5.41, 5.74) is 4.87. The van der Waals surface area contributed by atoms with Gasteiger partial charge in [-0.15, -0.1) is 0 Å². The molecule has 1 aliphatic carbocycles. The molecule has 0 aliphatic heterocycles. The minimum Gasteiger partial charge on any atom is -0.479 e. The maximum atomic E-state index is 13.0. The Morgan fingerprint density at radius 1 is 0.829 bits per heavy atom. The number of benzene rings is 3. The summed E-state index contributed by atoms with van der Waals surface area (Å²) in [4.78, 5) is 37.4. The van der Waals surface area contributed by atoms with Crippen LogP contribution in [0, 0.1) is 5.92 Å². The van der Waals surface area contributed by atoms with E-state index >= 15 is 0 Å². The Kier molecular flexibility index (Phi) is 7.15. The summed E-state index contributed by atoms with van der Waals surface area (Å²) < 4.78 is 5.56. The van der Waals surface area contributed by atoms with E-state index in [2.05, 4.69) is 22.8 Å². The molecule has 0 bridgehead atoms. The van der Waals surface area contributed by atoms with Crippen LogP contribution in [-0.2, 0) is 14.3 Å². The summed E-state index contributed by atoms with van der Waals surface area (Å²) in [6.07, 6.45) is -0.729. The summed E-state index contributed by atoms with van der Waals surface area (Å²) in [6.45, 7) is 3.66. The molecule has 0 heterocycles. The van der Waals surface area contributed by atoms with Crippen molar-refractivity contribution in [2.75, 3.05) is 6.61 Å². The summed E-state index contributed by atoms with van der Waals surface area (Å²) in [5, 5.41) is 14.8. The molecule has 0 saturated carbocycles. The number of nitrogens with one attached hydrogen (secondary N) is 2. The van der Waals surface area contributed by atoms with Gasteiger partial charge in [0, 0.05) is 5.92 Å². The van der Waals surface area contributed by atoms with Crippen LogP contribution in [0.5, 0.6) is 0 Å². The highest BCUT2D eigenvalue weighted by molar-refractivity contribution is 5.90. The molecular formula is C28H28N2O5. The number of carbonyl (C=O) groups excluding carboxylic acids is 2. The number of rotatable bonds is 8. The molecule has 0 aromatic heterocycles. The number of fused-ring (bicyclic) bond motifs is 3. The number of hydrogen-bond donors (Lipinski definition) is 3. The first-order valence-corrected chi connectivity index (χ1v) is 11.6. The first-order chi connectivity index (χ1) is 16.9. The second-order valence-electron chi connectivity index (χ2n) is 8.88. The van der Waals surface area contributed by atoms with Crippen LogP contribution in [0.15, 0.2) is 78.9 Å². The number of carbonyl (C=O) groups is 3. The van der Waals surface area contributed by atoms with Crippen LogP contribution >= 0.6 is 0 Å². The van der Waals surface area contributed by atoms with E-state index in [-0.39, 0.29) is 18.4 Å². The zero-order chi connectivity index (χ0) is 24.9. The van der Waals surface area contributed by atoms with E-state index in [1.54, 1.807) is 44.2 Å². The number of alkyl carbamates (subject to hydrolysis) is 1. The van der Waals surface area contributed by atoms with Gasteiger partial charge in [-0.1, -0.05) is 92.7 Å². The van der Waals surface area contributed by atoms with Gasteiger partial charge in [0.15, 0.2) is 6.04 Å². The minimum atomic E-state index is -1.23. The minimum absolute atomic E-state index is 0.103. The molecule has 0 fully saturated rings. The van der Waals surface area contributed by atoms with Crippen molar-refractivity contribution in [2.45, 2.75) is 31.8 Å². The van der Waals surface area contributed by atoms with E-state index in [0.29, 0.717) is 5.56 Å². The van der Waals surface area contributed by atoms with Crippen molar-refractivity contribution in [3.8, 4) is 11.1 Å². The van der Waals surface area contributed by atoms with Crippen LogP contribution < -0.4 is 10.6 Å². The predicted molar refractivity (Wildman–Crippen MR) is 132 cm³/mol. The first-order valence-electron chi connectivity index (χ1n) is 11.6.